The van der Waals surface area contributed by atoms with E-state index in [1.54, 1.807) is 30.3 Å². The Bertz CT molecular complexity index is 1290. The van der Waals surface area contributed by atoms with Gasteiger partial charge in [0.05, 0.1) is 16.8 Å². The van der Waals surface area contributed by atoms with Gasteiger partial charge in [-0.3, -0.25) is 4.79 Å². The molecule has 1 unspecified atom stereocenters. The molecule has 160 valence electrons. The third-order valence-corrected chi connectivity index (χ3v) is 5.79. The lowest BCUT2D eigenvalue weighted by molar-refractivity contribution is 0.0279. The van der Waals surface area contributed by atoms with Crippen molar-refractivity contribution in [2.24, 2.45) is 0 Å². The van der Waals surface area contributed by atoms with Crippen LogP contribution in [0, 0.1) is 6.92 Å². The first-order valence-corrected chi connectivity index (χ1v) is 11.2. The largest absolute Gasteiger partial charge is 0.450 e. The van der Waals surface area contributed by atoms with Gasteiger partial charge >= 0.3 is 5.97 Å². The maximum atomic E-state index is 13.4. The fourth-order valence-corrected chi connectivity index (χ4v) is 4.26. The summed E-state index contributed by atoms with van der Waals surface area (Å²) >= 11 is 3.51. The number of ether oxygens (including phenoxy) is 1. The Morgan fingerprint density at radius 3 is 2.28 bits per heavy atom. The Balaban J connectivity index is 1.78. The molecule has 32 heavy (non-hydrogen) atoms. The van der Waals surface area contributed by atoms with Crippen molar-refractivity contribution in [2.45, 2.75) is 26.4 Å². The first-order valence-electron chi connectivity index (χ1n) is 10.4. The number of nitrogens with zero attached hydrogens (tertiary/aromatic N) is 1. The van der Waals surface area contributed by atoms with Crippen LogP contribution in [0.3, 0.4) is 0 Å². The van der Waals surface area contributed by atoms with Crippen LogP contribution in [0.2, 0.25) is 0 Å². The summed E-state index contributed by atoms with van der Waals surface area (Å²) in [6.07, 6.45) is -0.474. The van der Waals surface area contributed by atoms with Gasteiger partial charge in [0.2, 0.25) is 5.78 Å². The smallest absolute Gasteiger partial charge is 0.339 e. The van der Waals surface area contributed by atoms with Crippen molar-refractivity contribution >= 4 is 38.6 Å². The van der Waals surface area contributed by atoms with Crippen LogP contribution in [0.1, 0.15) is 39.6 Å². The molecule has 0 saturated carbocycles. The van der Waals surface area contributed by atoms with Crippen molar-refractivity contribution in [1.29, 1.82) is 0 Å². The fraction of sp³-hybridized carbons (Fsp3) is 0.148. The lowest BCUT2D eigenvalue weighted by Gasteiger charge is -2.17. The Morgan fingerprint density at radius 2 is 1.62 bits per heavy atom. The number of carbonyl (C=O) groups is 2. The molecule has 0 saturated heterocycles. The minimum atomic E-state index is -0.860. The van der Waals surface area contributed by atoms with E-state index >= 15 is 0 Å². The molecule has 0 spiro atoms. The van der Waals surface area contributed by atoms with Gasteiger partial charge in [-0.25, -0.2) is 9.78 Å². The fourth-order valence-electron chi connectivity index (χ4n) is 3.69. The molecule has 0 fully saturated rings. The normalized spacial score (nSPS) is 11.8. The van der Waals surface area contributed by atoms with Gasteiger partial charge in [0.15, 0.2) is 6.10 Å². The van der Waals surface area contributed by atoms with Crippen LogP contribution in [0.5, 0.6) is 0 Å². The molecule has 0 aliphatic heterocycles. The van der Waals surface area contributed by atoms with Gasteiger partial charge in [0.25, 0.3) is 0 Å². The highest BCUT2D eigenvalue weighted by molar-refractivity contribution is 9.10. The van der Waals surface area contributed by atoms with Gasteiger partial charge in [0, 0.05) is 21.0 Å². The zero-order valence-electron chi connectivity index (χ0n) is 17.8. The number of fused-ring (bicyclic) bond motifs is 1. The number of Topliss-reactive ketones (excluding diaryl/α,β-unsaturated/α-hetero) is 1. The zero-order chi connectivity index (χ0) is 22.7. The molecular weight excluding hydrogens is 466 g/mol. The van der Waals surface area contributed by atoms with Crippen LogP contribution >= 0.6 is 15.9 Å². The monoisotopic (exact) mass is 487 g/mol. The van der Waals surface area contributed by atoms with Crippen molar-refractivity contribution in [3.63, 3.8) is 0 Å². The number of halogens is 1. The zero-order valence-corrected chi connectivity index (χ0v) is 19.4. The third-order valence-electron chi connectivity index (χ3n) is 5.33. The van der Waals surface area contributed by atoms with Crippen LogP contribution in [0.25, 0.3) is 22.2 Å². The summed E-state index contributed by atoms with van der Waals surface area (Å²) in [6.45, 7) is 3.79. The number of hydrogen-bond donors (Lipinski definition) is 0. The Labute approximate surface area is 195 Å². The predicted molar refractivity (Wildman–Crippen MR) is 130 cm³/mol. The molecule has 5 heteroatoms. The summed E-state index contributed by atoms with van der Waals surface area (Å²) < 4.78 is 6.59. The number of aryl methyl sites for hydroxylation is 1. The van der Waals surface area contributed by atoms with Crippen molar-refractivity contribution in [1.82, 2.24) is 4.98 Å². The van der Waals surface area contributed by atoms with E-state index in [-0.39, 0.29) is 5.78 Å². The average molecular weight is 488 g/mol. The summed E-state index contributed by atoms with van der Waals surface area (Å²) in [5.74, 6) is -0.747. The van der Waals surface area contributed by atoms with Gasteiger partial charge in [-0.05, 0) is 37.1 Å². The molecule has 1 aromatic heterocycles. The standard InChI is InChI=1S/C27H22BrNO3/c1-3-24(26(30)19-12-8-5-9-13-19)32-27(31)22-16-23(18-10-6-4-7-11-18)29-25-17(2)14-20(28)15-21(22)25/h4-16,24H,3H2,1-2H3. The first kappa shape index (κ1) is 21.9. The van der Waals surface area contributed by atoms with E-state index in [4.69, 9.17) is 9.72 Å². The minimum absolute atomic E-state index is 0.208. The summed E-state index contributed by atoms with van der Waals surface area (Å²) in [4.78, 5) is 31.1. The number of pyridine rings is 1. The topological polar surface area (TPSA) is 56.3 Å². The molecule has 4 rings (SSSR count). The molecule has 3 aromatic carbocycles. The maximum absolute atomic E-state index is 13.4. The van der Waals surface area contributed by atoms with Crippen LogP contribution in [0.4, 0.5) is 0 Å². The first-order chi connectivity index (χ1) is 15.5. The van der Waals surface area contributed by atoms with E-state index in [0.29, 0.717) is 28.6 Å². The van der Waals surface area contributed by atoms with E-state index < -0.39 is 12.1 Å². The number of aromatic nitrogens is 1. The predicted octanol–water partition coefficient (Wildman–Crippen LogP) is 6.79. The Morgan fingerprint density at radius 1 is 0.969 bits per heavy atom. The highest BCUT2D eigenvalue weighted by Crippen LogP contribution is 2.30. The second kappa shape index (κ2) is 9.45. The minimum Gasteiger partial charge on any atom is -0.450 e. The van der Waals surface area contributed by atoms with E-state index in [9.17, 15) is 9.59 Å². The van der Waals surface area contributed by atoms with Crippen molar-refractivity contribution in [2.75, 3.05) is 0 Å². The van der Waals surface area contributed by atoms with E-state index in [0.717, 1.165) is 21.1 Å². The average Bonchev–Trinajstić information content (AvgIpc) is 2.82. The SMILES string of the molecule is CCC(OC(=O)c1cc(-c2ccccc2)nc2c(C)cc(Br)cc12)C(=O)c1ccccc1. The maximum Gasteiger partial charge on any atom is 0.339 e. The number of esters is 1. The Hall–Kier alpha value is -3.31. The van der Waals surface area contributed by atoms with Crippen LogP contribution < -0.4 is 0 Å². The molecule has 0 N–H and O–H groups in total. The van der Waals surface area contributed by atoms with Gasteiger partial charge < -0.3 is 4.74 Å². The molecule has 0 radical (unpaired) electrons. The lowest BCUT2D eigenvalue weighted by atomic mass is 10.0. The van der Waals surface area contributed by atoms with Crippen molar-refractivity contribution in [3.8, 4) is 11.3 Å². The van der Waals surface area contributed by atoms with Crippen LogP contribution in [-0.4, -0.2) is 22.8 Å². The summed E-state index contributed by atoms with van der Waals surface area (Å²) in [7, 11) is 0. The summed E-state index contributed by atoms with van der Waals surface area (Å²) in [5.41, 5.74) is 4.15. The van der Waals surface area contributed by atoms with Gasteiger partial charge in [-0.2, -0.15) is 0 Å². The van der Waals surface area contributed by atoms with Crippen molar-refractivity contribution < 1.29 is 14.3 Å². The number of rotatable bonds is 6. The quantitative estimate of drug-likeness (QED) is 0.222. The van der Waals surface area contributed by atoms with Gasteiger partial charge in [0.1, 0.15) is 0 Å². The van der Waals surface area contributed by atoms with E-state index in [1.807, 2.05) is 62.4 Å². The van der Waals surface area contributed by atoms with Gasteiger partial charge in [-0.1, -0.05) is 83.5 Å². The molecule has 0 aliphatic carbocycles. The number of benzene rings is 3. The van der Waals surface area contributed by atoms with Crippen LogP contribution in [0.15, 0.2) is 83.3 Å². The molecule has 0 amide bonds. The second-order valence-corrected chi connectivity index (χ2v) is 8.49. The summed E-state index contributed by atoms with van der Waals surface area (Å²) in [5, 5.41) is 0.684. The van der Waals surface area contributed by atoms with Crippen LogP contribution in [-0.2, 0) is 4.74 Å². The number of ketones is 1. The lowest BCUT2D eigenvalue weighted by Crippen LogP contribution is -2.27. The highest BCUT2D eigenvalue weighted by Gasteiger charge is 2.25. The van der Waals surface area contributed by atoms with Crippen molar-refractivity contribution in [3.05, 3.63) is 100 Å². The molecule has 1 heterocycles. The molecular formula is C27H22BrNO3. The second-order valence-electron chi connectivity index (χ2n) is 7.57. The summed E-state index contributed by atoms with van der Waals surface area (Å²) in [6, 6.07) is 24.2. The van der Waals surface area contributed by atoms with E-state index in [2.05, 4.69) is 15.9 Å². The highest BCUT2D eigenvalue weighted by atomic mass is 79.9. The molecule has 4 nitrogen and oxygen atoms in total. The van der Waals surface area contributed by atoms with E-state index in [1.165, 1.54) is 0 Å². The Kier molecular flexibility index (Phi) is 6.47. The third kappa shape index (κ3) is 4.48. The molecule has 0 bridgehead atoms. The van der Waals surface area contributed by atoms with Gasteiger partial charge in [-0.15, -0.1) is 0 Å². The molecule has 4 aromatic rings. The number of carbonyl (C=O) groups excluding carboxylic acids is 2. The number of hydrogen-bond acceptors (Lipinski definition) is 4. The molecule has 0 aliphatic rings. The molecule has 1 atom stereocenters.